The van der Waals surface area contributed by atoms with Crippen molar-refractivity contribution in [3.8, 4) is 0 Å². The lowest BCUT2D eigenvalue weighted by molar-refractivity contribution is -0.0583. The molecule has 2 N–H and O–H groups in total. The zero-order valence-corrected chi connectivity index (χ0v) is 11.8. The Kier molecular flexibility index (Phi) is 4.54. The van der Waals surface area contributed by atoms with Crippen LogP contribution in [0.5, 0.6) is 0 Å². The highest BCUT2D eigenvalue weighted by Crippen LogP contribution is 2.32. The molecule has 19 heavy (non-hydrogen) atoms. The van der Waals surface area contributed by atoms with Crippen molar-refractivity contribution in [2.45, 2.75) is 57.8 Å². The Bertz CT molecular complexity index is 404. The van der Waals surface area contributed by atoms with Crippen LogP contribution in [0.25, 0.3) is 0 Å². The Hall–Kier alpha value is -0.980. The molecule has 1 aliphatic heterocycles. The normalized spacial score (nSPS) is 24.0. The lowest BCUT2D eigenvalue weighted by Crippen LogP contribution is -2.30. The van der Waals surface area contributed by atoms with E-state index in [1.165, 1.54) is 0 Å². The van der Waals surface area contributed by atoms with Crippen LogP contribution in [-0.2, 0) is 10.3 Å². The Morgan fingerprint density at radius 1 is 1.42 bits per heavy atom. The molecule has 0 radical (unpaired) electrons. The Morgan fingerprint density at radius 3 is 2.68 bits per heavy atom. The van der Waals surface area contributed by atoms with Gasteiger partial charge in [-0.3, -0.25) is 0 Å². The van der Waals surface area contributed by atoms with Gasteiger partial charge in [-0.1, -0.05) is 19.0 Å². The average molecular weight is 269 g/mol. The van der Waals surface area contributed by atoms with Crippen LogP contribution >= 0.6 is 0 Å². The summed E-state index contributed by atoms with van der Waals surface area (Å²) in [6, 6.07) is -0.0516. The minimum Gasteiger partial charge on any atom is -0.392 e. The van der Waals surface area contributed by atoms with E-state index in [2.05, 4.69) is 29.3 Å². The second-order valence-corrected chi connectivity index (χ2v) is 4.94. The summed E-state index contributed by atoms with van der Waals surface area (Å²) in [5, 5.41) is 16.8. The topological polar surface area (TPSA) is 80.4 Å². The molecule has 0 saturated carbocycles. The predicted molar refractivity (Wildman–Crippen MR) is 69.6 cm³/mol. The van der Waals surface area contributed by atoms with E-state index in [-0.39, 0.29) is 12.1 Å². The van der Waals surface area contributed by atoms with Gasteiger partial charge in [0.05, 0.1) is 12.1 Å². The van der Waals surface area contributed by atoms with E-state index in [1.54, 1.807) is 0 Å². The first-order valence-corrected chi connectivity index (χ1v) is 7.04. The maximum Gasteiger partial charge on any atom is 0.243 e. The van der Waals surface area contributed by atoms with Crippen LogP contribution in [0.4, 0.5) is 0 Å². The highest BCUT2D eigenvalue weighted by Gasteiger charge is 2.36. The second-order valence-electron chi connectivity index (χ2n) is 4.94. The molecule has 0 unspecified atom stereocenters. The van der Waals surface area contributed by atoms with Crippen LogP contribution < -0.4 is 5.32 Å². The highest BCUT2D eigenvalue weighted by atomic mass is 16.5. The molecule has 6 nitrogen and oxygen atoms in total. The SMILES string of the molecule is CCOC(CC)(CC)c1noc([C@@H]2C[C@H](O)CN2)n1. The number of rotatable bonds is 6. The summed E-state index contributed by atoms with van der Waals surface area (Å²) >= 11 is 0. The van der Waals surface area contributed by atoms with Gasteiger partial charge < -0.3 is 19.7 Å². The lowest BCUT2D eigenvalue weighted by Gasteiger charge is -2.27. The summed E-state index contributed by atoms with van der Waals surface area (Å²) in [7, 11) is 0. The van der Waals surface area contributed by atoms with Gasteiger partial charge in [0.2, 0.25) is 11.7 Å². The number of aliphatic hydroxyl groups is 1. The number of ether oxygens (including phenoxy) is 1. The molecular formula is C13H23N3O3. The minimum absolute atomic E-state index is 0.0516. The summed E-state index contributed by atoms with van der Waals surface area (Å²) in [6.07, 6.45) is 1.88. The zero-order valence-electron chi connectivity index (χ0n) is 11.8. The van der Waals surface area contributed by atoms with E-state index in [1.807, 2.05) is 6.92 Å². The van der Waals surface area contributed by atoms with Gasteiger partial charge in [-0.05, 0) is 26.2 Å². The van der Waals surface area contributed by atoms with Gasteiger partial charge in [-0.15, -0.1) is 0 Å². The molecule has 1 fully saturated rings. The molecule has 1 aliphatic rings. The quantitative estimate of drug-likeness (QED) is 0.815. The zero-order chi connectivity index (χ0) is 13.9. The van der Waals surface area contributed by atoms with Gasteiger partial charge in [-0.2, -0.15) is 4.98 Å². The van der Waals surface area contributed by atoms with Crippen LogP contribution in [0, 0.1) is 0 Å². The monoisotopic (exact) mass is 269 g/mol. The fourth-order valence-electron chi connectivity index (χ4n) is 2.58. The molecule has 1 aromatic heterocycles. The summed E-state index contributed by atoms with van der Waals surface area (Å²) in [5.74, 6) is 1.15. The van der Waals surface area contributed by atoms with Gasteiger partial charge in [0.1, 0.15) is 5.60 Å². The lowest BCUT2D eigenvalue weighted by atomic mass is 9.96. The van der Waals surface area contributed by atoms with E-state index in [0.29, 0.717) is 31.3 Å². The third-order valence-corrected chi connectivity index (χ3v) is 3.82. The number of aliphatic hydroxyl groups excluding tert-OH is 1. The van der Waals surface area contributed by atoms with Crippen molar-refractivity contribution in [2.24, 2.45) is 0 Å². The summed E-state index contributed by atoms with van der Waals surface area (Å²) in [6.45, 7) is 7.28. The molecule has 0 bridgehead atoms. The first kappa shape index (κ1) is 14.4. The molecule has 0 aliphatic carbocycles. The van der Waals surface area contributed by atoms with E-state index in [0.717, 1.165) is 12.8 Å². The molecule has 2 rings (SSSR count). The molecule has 6 heteroatoms. The van der Waals surface area contributed by atoms with Crippen LogP contribution in [0.2, 0.25) is 0 Å². The molecule has 2 heterocycles. The van der Waals surface area contributed by atoms with E-state index >= 15 is 0 Å². The predicted octanol–water partition coefficient (Wildman–Crippen LogP) is 1.52. The number of aromatic nitrogens is 2. The van der Waals surface area contributed by atoms with Crippen LogP contribution in [0.3, 0.4) is 0 Å². The van der Waals surface area contributed by atoms with E-state index < -0.39 is 5.60 Å². The number of nitrogens with zero attached hydrogens (tertiary/aromatic N) is 2. The van der Waals surface area contributed by atoms with Crippen LogP contribution in [0.15, 0.2) is 4.52 Å². The Labute approximate surface area is 113 Å². The molecule has 2 atom stereocenters. The first-order valence-electron chi connectivity index (χ1n) is 7.04. The standard InChI is InChI=1S/C13H23N3O3/c1-4-13(5-2,18-6-3)12-15-11(19-16-12)10-7-9(17)8-14-10/h9-10,14,17H,4-8H2,1-3H3/t9-,10-/m0/s1. The third kappa shape index (κ3) is 2.80. The van der Waals surface area contributed by atoms with Crippen molar-refractivity contribution in [3.63, 3.8) is 0 Å². The number of hydrogen-bond donors (Lipinski definition) is 2. The molecule has 0 spiro atoms. The molecule has 108 valence electrons. The third-order valence-electron chi connectivity index (χ3n) is 3.82. The maximum atomic E-state index is 9.53. The fraction of sp³-hybridized carbons (Fsp3) is 0.846. The van der Waals surface area contributed by atoms with Gasteiger partial charge in [-0.25, -0.2) is 0 Å². The van der Waals surface area contributed by atoms with Crippen molar-refractivity contribution in [3.05, 3.63) is 11.7 Å². The molecular weight excluding hydrogens is 246 g/mol. The molecule has 0 amide bonds. The first-order chi connectivity index (χ1) is 9.15. The van der Waals surface area contributed by atoms with Gasteiger partial charge in [0.15, 0.2) is 0 Å². The number of hydrogen-bond acceptors (Lipinski definition) is 6. The van der Waals surface area contributed by atoms with E-state index in [4.69, 9.17) is 9.26 Å². The maximum absolute atomic E-state index is 9.53. The fourth-order valence-corrected chi connectivity index (χ4v) is 2.58. The Balaban J connectivity index is 2.18. The van der Waals surface area contributed by atoms with Crippen molar-refractivity contribution in [1.29, 1.82) is 0 Å². The summed E-state index contributed by atoms with van der Waals surface area (Å²) in [4.78, 5) is 4.48. The van der Waals surface area contributed by atoms with Crippen molar-refractivity contribution in [2.75, 3.05) is 13.2 Å². The Morgan fingerprint density at radius 2 is 2.16 bits per heavy atom. The van der Waals surface area contributed by atoms with Crippen LogP contribution in [-0.4, -0.2) is 34.5 Å². The highest BCUT2D eigenvalue weighted by molar-refractivity contribution is 5.04. The van der Waals surface area contributed by atoms with Crippen molar-refractivity contribution >= 4 is 0 Å². The van der Waals surface area contributed by atoms with Crippen LogP contribution in [0.1, 0.15) is 57.8 Å². The van der Waals surface area contributed by atoms with E-state index in [9.17, 15) is 5.11 Å². The molecule has 1 saturated heterocycles. The number of β-amino-alcohol motifs (C(OH)–C–C–N with tert-alkyl or cyclic N) is 1. The van der Waals surface area contributed by atoms with Crippen molar-refractivity contribution < 1.29 is 14.4 Å². The van der Waals surface area contributed by atoms with Gasteiger partial charge >= 0.3 is 0 Å². The van der Waals surface area contributed by atoms with Crippen molar-refractivity contribution in [1.82, 2.24) is 15.5 Å². The molecule has 1 aromatic rings. The van der Waals surface area contributed by atoms with Gasteiger partial charge in [0, 0.05) is 13.2 Å². The second kappa shape index (κ2) is 5.98. The number of nitrogens with one attached hydrogen (secondary N) is 1. The van der Waals surface area contributed by atoms with Gasteiger partial charge in [0.25, 0.3) is 0 Å². The largest absolute Gasteiger partial charge is 0.392 e. The summed E-state index contributed by atoms with van der Waals surface area (Å²) < 4.78 is 11.2. The molecule has 0 aromatic carbocycles. The average Bonchev–Trinajstić information content (AvgIpc) is 3.05. The smallest absolute Gasteiger partial charge is 0.243 e. The minimum atomic E-state index is -0.465. The summed E-state index contributed by atoms with van der Waals surface area (Å²) in [5.41, 5.74) is -0.465.